The van der Waals surface area contributed by atoms with Crippen LogP contribution in [0, 0.1) is 0 Å². The van der Waals surface area contributed by atoms with Crippen LogP contribution < -0.4 is 15.4 Å². The normalized spacial score (nSPS) is 10.6. The number of carbonyl (C=O) groups is 1. The van der Waals surface area contributed by atoms with Crippen molar-refractivity contribution in [2.24, 2.45) is 0 Å². The lowest BCUT2D eigenvalue weighted by Crippen LogP contribution is -2.09. The third-order valence-electron chi connectivity index (χ3n) is 4.07. The van der Waals surface area contributed by atoms with E-state index in [1.165, 1.54) is 22.7 Å². The van der Waals surface area contributed by atoms with E-state index in [2.05, 4.69) is 25.6 Å². The molecule has 0 unspecified atom stereocenters. The first-order valence-electron chi connectivity index (χ1n) is 8.68. The van der Waals surface area contributed by atoms with Crippen molar-refractivity contribution in [3.05, 3.63) is 58.9 Å². The SMILES string of the molecule is CNc1nccc(-c2ccc(C(=O)Nc3nc(-c4ccc(OC)cc4)cs3)s2)n1. The van der Waals surface area contributed by atoms with Crippen LogP contribution in [0.5, 0.6) is 5.75 Å². The summed E-state index contributed by atoms with van der Waals surface area (Å²) in [5.41, 5.74) is 2.54. The number of amides is 1. The Hall–Kier alpha value is -3.30. The molecule has 3 aromatic heterocycles. The Kier molecular flexibility index (Phi) is 5.50. The van der Waals surface area contributed by atoms with E-state index in [4.69, 9.17) is 4.74 Å². The first kappa shape index (κ1) is 19.0. The van der Waals surface area contributed by atoms with Gasteiger partial charge in [0.2, 0.25) is 5.95 Å². The molecular formula is C20H17N5O2S2. The molecule has 0 saturated carbocycles. The van der Waals surface area contributed by atoms with Gasteiger partial charge in [-0.05, 0) is 42.5 Å². The summed E-state index contributed by atoms with van der Waals surface area (Å²) in [5.74, 6) is 1.13. The lowest BCUT2D eigenvalue weighted by molar-refractivity contribution is 0.103. The highest BCUT2D eigenvalue weighted by Gasteiger charge is 2.14. The first-order chi connectivity index (χ1) is 14.2. The molecule has 1 aromatic carbocycles. The second kappa shape index (κ2) is 8.38. The fraction of sp³-hybridized carbons (Fsp3) is 0.100. The lowest BCUT2D eigenvalue weighted by atomic mass is 10.2. The van der Waals surface area contributed by atoms with Gasteiger partial charge in [0.05, 0.1) is 28.3 Å². The van der Waals surface area contributed by atoms with Gasteiger partial charge in [-0.1, -0.05) is 0 Å². The van der Waals surface area contributed by atoms with Crippen LogP contribution in [0.4, 0.5) is 11.1 Å². The van der Waals surface area contributed by atoms with Crippen LogP contribution in [-0.2, 0) is 0 Å². The van der Waals surface area contributed by atoms with Crippen LogP contribution in [0.25, 0.3) is 21.8 Å². The number of thiophene rings is 1. The molecule has 0 aliphatic carbocycles. The fourth-order valence-electron chi connectivity index (χ4n) is 2.60. The van der Waals surface area contributed by atoms with E-state index in [0.29, 0.717) is 16.0 Å². The zero-order valence-electron chi connectivity index (χ0n) is 15.7. The van der Waals surface area contributed by atoms with Gasteiger partial charge in [0.1, 0.15) is 5.75 Å². The van der Waals surface area contributed by atoms with Crippen molar-refractivity contribution < 1.29 is 9.53 Å². The molecule has 29 heavy (non-hydrogen) atoms. The number of hydrogen-bond donors (Lipinski definition) is 2. The quantitative estimate of drug-likeness (QED) is 0.470. The highest BCUT2D eigenvalue weighted by Crippen LogP contribution is 2.29. The molecule has 0 aliphatic heterocycles. The minimum absolute atomic E-state index is 0.195. The smallest absolute Gasteiger partial charge is 0.267 e. The number of hydrogen-bond acceptors (Lipinski definition) is 8. The summed E-state index contributed by atoms with van der Waals surface area (Å²) in [6.45, 7) is 0. The van der Waals surface area contributed by atoms with Crippen LogP contribution >= 0.6 is 22.7 Å². The maximum atomic E-state index is 12.6. The number of nitrogens with zero attached hydrogens (tertiary/aromatic N) is 3. The predicted molar refractivity (Wildman–Crippen MR) is 117 cm³/mol. The zero-order valence-corrected chi connectivity index (χ0v) is 17.3. The fourth-order valence-corrected chi connectivity index (χ4v) is 4.18. The predicted octanol–water partition coefficient (Wildman–Crippen LogP) is 4.63. The molecule has 0 bridgehead atoms. The van der Waals surface area contributed by atoms with Crippen molar-refractivity contribution in [3.63, 3.8) is 0 Å². The Labute approximate surface area is 175 Å². The van der Waals surface area contributed by atoms with Crippen LogP contribution in [0.2, 0.25) is 0 Å². The summed E-state index contributed by atoms with van der Waals surface area (Å²) in [6, 6.07) is 13.1. The molecule has 2 N–H and O–H groups in total. The van der Waals surface area contributed by atoms with E-state index in [0.717, 1.165) is 27.6 Å². The van der Waals surface area contributed by atoms with Crippen LogP contribution in [0.1, 0.15) is 9.67 Å². The van der Waals surface area contributed by atoms with Crippen molar-refractivity contribution in [1.29, 1.82) is 0 Å². The molecule has 0 atom stereocenters. The Morgan fingerprint density at radius 3 is 2.62 bits per heavy atom. The van der Waals surface area contributed by atoms with E-state index < -0.39 is 0 Å². The summed E-state index contributed by atoms with van der Waals surface area (Å²) in [5, 5.41) is 8.24. The number of nitrogens with one attached hydrogen (secondary N) is 2. The standard InChI is InChI=1S/C20H17N5O2S2/c1-21-19-22-10-9-14(23-19)16-7-8-17(29-16)18(26)25-20-24-15(11-28-20)12-3-5-13(27-2)6-4-12/h3-11H,1-2H3,(H,21,22,23)(H,24,25,26). The Morgan fingerprint density at radius 2 is 1.86 bits per heavy atom. The number of anilines is 2. The van der Waals surface area contributed by atoms with E-state index in [9.17, 15) is 4.79 Å². The third-order valence-corrected chi connectivity index (χ3v) is 5.94. The minimum Gasteiger partial charge on any atom is -0.497 e. The first-order valence-corrected chi connectivity index (χ1v) is 10.4. The highest BCUT2D eigenvalue weighted by atomic mass is 32.1. The van der Waals surface area contributed by atoms with Crippen molar-refractivity contribution in [1.82, 2.24) is 15.0 Å². The van der Waals surface area contributed by atoms with Crippen molar-refractivity contribution in [2.75, 3.05) is 24.8 Å². The molecule has 3 heterocycles. The molecule has 9 heteroatoms. The molecule has 1 amide bonds. The number of rotatable bonds is 6. The molecule has 0 aliphatic rings. The molecular weight excluding hydrogens is 406 g/mol. The van der Waals surface area contributed by atoms with Gasteiger partial charge in [-0.15, -0.1) is 22.7 Å². The molecule has 7 nitrogen and oxygen atoms in total. The van der Waals surface area contributed by atoms with Gasteiger partial charge in [0, 0.05) is 24.2 Å². The lowest BCUT2D eigenvalue weighted by Gasteiger charge is -2.01. The van der Waals surface area contributed by atoms with Gasteiger partial charge >= 0.3 is 0 Å². The number of benzene rings is 1. The summed E-state index contributed by atoms with van der Waals surface area (Å²) in [4.78, 5) is 27.1. The maximum Gasteiger partial charge on any atom is 0.267 e. The average Bonchev–Trinajstić information content (AvgIpc) is 3.44. The Bertz CT molecular complexity index is 1140. The highest BCUT2D eigenvalue weighted by molar-refractivity contribution is 7.17. The molecule has 4 aromatic rings. The molecule has 4 rings (SSSR count). The van der Waals surface area contributed by atoms with Crippen molar-refractivity contribution in [3.8, 4) is 27.6 Å². The maximum absolute atomic E-state index is 12.6. The summed E-state index contributed by atoms with van der Waals surface area (Å²) >= 11 is 2.76. The van der Waals surface area contributed by atoms with Gasteiger partial charge < -0.3 is 10.1 Å². The molecule has 146 valence electrons. The van der Waals surface area contributed by atoms with Crippen LogP contribution in [-0.4, -0.2) is 35.0 Å². The number of ether oxygens (including phenoxy) is 1. The third kappa shape index (κ3) is 4.25. The van der Waals surface area contributed by atoms with E-state index in [1.807, 2.05) is 41.8 Å². The summed E-state index contributed by atoms with van der Waals surface area (Å²) < 4.78 is 5.17. The number of carbonyl (C=O) groups excluding carboxylic acids is 1. The van der Waals surface area contributed by atoms with Crippen molar-refractivity contribution in [2.45, 2.75) is 0 Å². The summed E-state index contributed by atoms with van der Waals surface area (Å²) in [7, 11) is 3.40. The molecule has 0 saturated heterocycles. The second-order valence-electron chi connectivity index (χ2n) is 5.90. The van der Waals surface area contributed by atoms with Gasteiger partial charge in [-0.25, -0.2) is 15.0 Å². The van der Waals surface area contributed by atoms with E-state index in [-0.39, 0.29) is 5.91 Å². The van der Waals surface area contributed by atoms with E-state index in [1.54, 1.807) is 26.4 Å². The van der Waals surface area contributed by atoms with Gasteiger partial charge in [0.25, 0.3) is 5.91 Å². The molecule has 0 spiro atoms. The van der Waals surface area contributed by atoms with E-state index >= 15 is 0 Å². The Balaban J connectivity index is 1.47. The second-order valence-corrected chi connectivity index (χ2v) is 7.84. The van der Waals surface area contributed by atoms with Crippen LogP contribution in [0.15, 0.2) is 54.0 Å². The topological polar surface area (TPSA) is 89.0 Å². The number of thiazole rings is 1. The average molecular weight is 424 g/mol. The summed E-state index contributed by atoms with van der Waals surface area (Å²) in [6.07, 6.45) is 1.68. The monoisotopic (exact) mass is 423 g/mol. The molecule has 0 fully saturated rings. The molecule has 0 radical (unpaired) electrons. The zero-order chi connectivity index (χ0) is 20.2. The van der Waals surface area contributed by atoms with Gasteiger partial charge in [-0.2, -0.15) is 0 Å². The number of methoxy groups -OCH3 is 1. The van der Waals surface area contributed by atoms with Crippen molar-refractivity contribution >= 4 is 39.7 Å². The number of aromatic nitrogens is 3. The van der Waals surface area contributed by atoms with Gasteiger partial charge in [-0.3, -0.25) is 10.1 Å². The minimum atomic E-state index is -0.195. The Morgan fingerprint density at radius 1 is 1.03 bits per heavy atom. The largest absolute Gasteiger partial charge is 0.497 e. The van der Waals surface area contributed by atoms with Crippen LogP contribution in [0.3, 0.4) is 0 Å². The van der Waals surface area contributed by atoms with Gasteiger partial charge in [0.15, 0.2) is 5.13 Å².